The van der Waals surface area contributed by atoms with Crippen molar-refractivity contribution < 1.29 is 136 Å². The maximum absolute atomic E-state index is 13.4. The number of ketones is 2. The predicted molar refractivity (Wildman–Crippen MR) is 330 cm³/mol. The van der Waals surface area contributed by atoms with E-state index in [1.165, 1.54) is 34.6 Å². The first-order valence-corrected chi connectivity index (χ1v) is 34.7. The van der Waals surface area contributed by atoms with Crippen molar-refractivity contribution in [2.45, 2.75) is 222 Å². The molecule has 92 heavy (non-hydrogen) atoms. The number of carbonyl (C=O) groups is 13. The molecule has 0 N–H and O–H groups in total. The first kappa shape index (κ1) is 89.6. The summed E-state index contributed by atoms with van der Waals surface area (Å²) in [5, 5.41) is 0. The molecule has 31 heteroatoms. The van der Waals surface area contributed by atoms with Gasteiger partial charge in [0, 0.05) is 12.8 Å². The van der Waals surface area contributed by atoms with Crippen LogP contribution in [0.2, 0.25) is 0 Å². The molecule has 0 aliphatic carbocycles. The summed E-state index contributed by atoms with van der Waals surface area (Å²) in [5.41, 5.74) is 2.00. The first-order chi connectivity index (χ1) is 43.8. The molecular formula is C61H102O29Si2. The van der Waals surface area contributed by atoms with Gasteiger partial charge in [-0.1, -0.05) is 79.9 Å². The molecule has 0 bridgehead atoms. The molecular weight excluding hydrogens is 1250 g/mol. The van der Waals surface area contributed by atoms with Crippen molar-refractivity contribution in [1.82, 2.24) is 0 Å². The SMILES string of the molecule is C=C[Si](OC(CC(C)=O)C(=O)OCC)(OC(CC(=O)OCC)C(=O)OCC)OC(CC(=O)OCC)C(=O)OCC.C=C[Si](OC(CC(C)=O)C(=O)OCCCC)(OC(CC(=O)OCCCC)C(=O)OCCCC)OC(CC(=O)OCCCC)C(=O)OCCCC.C=O. The molecule has 0 saturated heterocycles. The standard InChI is InChI=1S/C35H60O14Si.C25H40O14Si.CH2O/c1-8-14-19-42-31(37)25-29(34(40)45-22-17-11-4)48-50(13-6,47-28(24-27(7)36)33(39)44-21-16-10-3)49-30(35(41)46-23-18-12-5)26-32(38)43-20-15-9-2;1-8-32-21(27)15-19(24(30)35-11-4)38-40(13-6,37-18(14-17(7)26)23(29)34-10-3)39-20(25(31)36-12-5)16-22(28)33-9-2;1-2/h13,28-30H,6,8-12,14-26H2,1-5,7H3;13,18-20H,6,8-12,14-16H2,1-5,7H3;1H2. The highest BCUT2D eigenvalue weighted by Gasteiger charge is 2.53. The second-order valence-corrected chi connectivity index (χ2v) is 24.1. The Labute approximate surface area is 543 Å². The van der Waals surface area contributed by atoms with E-state index in [0.717, 1.165) is 30.7 Å². The lowest BCUT2D eigenvalue weighted by atomic mass is 10.2. The molecule has 0 amide bonds. The highest BCUT2D eigenvalue weighted by atomic mass is 28.4. The molecule has 0 aliphatic heterocycles. The highest BCUT2D eigenvalue weighted by Crippen LogP contribution is 2.27. The third-order valence-corrected chi connectivity index (χ3v) is 16.2. The second kappa shape index (κ2) is 54.9. The minimum atomic E-state index is -4.77. The third kappa shape index (κ3) is 41.1. The fourth-order valence-electron chi connectivity index (χ4n) is 6.97. The van der Waals surface area contributed by atoms with Crippen LogP contribution in [-0.2, 0) is 136 Å². The van der Waals surface area contributed by atoms with Crippen LogP contribution in [-0.4, -0.2) is 198 Å². The minimum Gasteiger partial charge on any atom is -0.466 e. The van der Waals surface area contributed by atoms with Crippen molar-refractivity contribution in [2.75, 3.05) is 66.1 Å². The molecule has 0 aromatic rings. The van der Waals surface area contributed by atoms with Gasteiger partial charge in [-0.2, -0.15) is 0 Å². The van der Waals surface area contributed by atoms with Crippen LogP contribution in [0, 0.1) is 0 Å². The van der Waals surface area contributed by atoms with Gasteiger partial charge in [0.1, 0.15) is 18.4 Å². The molecule has 0 aliphatic rings. The van der Waals surface area contributed by atoms with E-state index in [9.17, 15) is 57.5 Å². The number of hydrogen-bond donors (Lipinski definition) is 0. The number of carbonyl (C=O) groups excluding carboxylic acids is 13. The molecule has 0 spiro atoms. The van der Waals surface area contributed by atoms with Gasteiger partial charge >= 0.3 is 77.3 Å². The highest BCUT2D eigenvalue weighted by molar-refractivity contribution is 6.67. The summed E-state index contributed by atoms with van der Waals surface area (Å²) >= 11 is 0. The van der Waals surface area contributed by atoms with Crippen molar-refractivity contribution in [3.8, 4) is 0 Å². The van der Waals surface area contributed by atoms with Gasteiger partial charge in [0.05, 0.1) is 91.8 Å². The van der Waals surface area contributed by atoms with Crippen LogP contribution in [0.3, 0.4) is 0 Å². The molecule has 528 valence electrons. The Balaban J connectivity index is -0.00000172. The number of Topliss-reactive ketones (excluding diaryl/α,β-unsaturated/α-hetero) is 2. The quantitative estimate of drug-likeness (QED) is 0.0272. The summed E-state index contributed by atoms with van der Waals surface area (Å²) in [6.45, 7) is 29.0. The Bertz CT molecular complexity index is 2130. The minimum absolute atomic E-state index is 0.000570. The van der Waals surface area contributed by atoms with Crippen LogP contribution in [0.15, 0.2) is 24.6 Å². The number of rotatable bonds is 52. The van der Waals surface area contributed by atoms with Gasteiger partial charge in [0.15, 0.2) is 36.6 Å². The monoisotopic (exact) mass is 1350 g/mol. The number of hydrogen-bond acceptors (Lipinski definition) is 29. The molecule has 0 saturated carbocycles. The van der Waals surface area contributed by atoms with Crippen LogP contribution in [0.25, 0.3) is 0 Å². The number of esters is 10. The van der Waals surface area contributed by atoms with Crippen molar-refractivity contribution in [2.24, 2.45) is 0 Å². The van der Waals surface area contributed by atoms with Gasteiger partial charge in [-0.05, 0) is 92.0 Å². The Morgan fingerprint density at radius 1 is 0.293 bits per heavy atom. The summed E-state index contributed by atoms with van der Waals surface area (Å²) in [6, 6.07) is 0. The lowest BCUT2D eigenvalue weighted by molar-refractivity contribution is -0.169. The summed E-state index contributed by atoms with van der Waals surface area (Å²) in [6.07, 6.45) is -7.35. The van der Waals surface area contributed by atoms with Crippen LogP contribution in [0.5, 0.6) is 0 Å². The summed E-state index contributed by atoms with van der Waals surface area (Å²) in [4.78, 5) is 161. The van der Waals surface area contributed by atoms with Crippen LogP contribution >= 0.6 is 0 Å². The normalized spacial score (nSPS) is 13.9. The van der Waals surface area contributed by atoms with Gasteiger partial charge in [-0.25, -0.2) is 28.8 Å². The molecule has 0 radical (unpaired) electrons. The van der Waals surface area contributed by atoms with E-state index in [2.05, 4.69) is 13.2 Å². The Hall–Kier alpha value is -6.62. The Morgan fingerprint density at radius 2 is 0.478 bits per heavy atom. The van der Waals surface area contributed by atoms with E-state index in [1.54, 1.807) is 13.8 Å². The smallest absolute Gasteiger partial charge is 0.466 e. The predicted octanol–water partition coefficient (Wildman–Crippen LogP) is 6.48. The lowest BCUT2D eigenvalue weighted by Crippen LogP contribution is -2.56. The van der Waals surface area contributed by atoms with Crippen molar-refractivity contribution in [1.29, 1.82) is 0 Å². The molecule has 0 rings (SSSR count). The fraction of sp³-hybridized carbons (Fsp3) is 0.721. The number of unbranched alkanes of at least 4 members (excludes halogenated alkanes) is 5. The summed E-state index contributed by atoms with van der Waals surface area (Å²) in [7, 11) is -9.46. The fourth-order valence-corrected chi connectivity index (χ4v) is 11.3. The molecule has 29 nitrogen and oxygen atoms in total. The molecule has 0 heterocycles. The van der Waals surface area contributed by atoms with Gasteiger partial charge < -0.3 is 78.7 Å². The first-order valence-electron chi connectivity index (χ1n) is 31.1. The van der Waals surface area contributed by atoms with Crippen molar-refractivity contribution in [3.63, 3.8) is 0 Å². The van der Waals surface area contributed by atoms with Crippen molar-refractivity contribution in [3.05, 3.63) is 24.6 Å². The van der Waals surface area contributed by atoms with Crippen molar-refractivity contribution >= 4 is 95.7 Å². The van der Waals surface area contributed by atoms with Crippen LogP contribution < -0.4 is 0 Å². The molecule has 6 unspecified atom stereocenters. The van der Waals surface area contributed by atoms with E-state index in [-0.39, 0.29) is 66.1 Å². The largest absolute Gasteiger partial charge is 0.531 e. The average Bonchev–Trinajstić information content (AvgIpc) is 0.867. The van der Waals surface area contributed by atoms with Crippen LogP contribution in [0.4, 0.5) is 0 Å². The Kier molecular flexibility index (Phi) is 53.4. The van der Waals surface area contributed by atoms with E-state index < -0.39 is 164 Å². The zero-order valence-corrected chi connectivity index (χ0v) is 58.0. The third-order valence-electron chi connectivity index (χ3n) is 11.5. The van der Waals surface area contributed by atoms with Gasteiger partial charge in [0.25, 0.3) is 0 Å². The van der Waals surface area contributed by atoms with Gasteiger partial charge in [-0.15, -0.1) is 0 Å². The zero-order chi connectivity index (χ0) is 70.5. The molecule has 0 fully saturated rings. The molecule has 6 atom stereocenters. The van der Waals surface area contributed by atoms with Gasteiger partial charge in [0.2, 0.25) is 0 Å². The maximum Gasteiger partial charge on any atom is 0.531 e. The lowest BCUT2D eigenvalue weighted by Gasteiger charge is -2.34. The molecule has 0 aromatic heterocycles. The van der Waals surface area contributed by atoms with E-state index in [4.69, 9.17) is 78.7 Å². The van der Waals surface area contributed by atoms with Crippen LogP contribution in [0.1, 0.15) is 186 Å². The van der Waals surface area contributed by atoms with E-state index in [0.29, 0.717) is 44.9 Å². The molecule has 0 aromatic carbocycles. The Morgan fingerprint density at radius 3 is 0.663 bits per heavy atom. The topological polar surface area (TPSA) is 370 Å². The maximum atomic E-state index is 13.4. The average molecular weight is 1360 g/mol. The van der Waals surface area contributed by atoms with E-state index >= 15 is 0 Å². The second-order valence-electron chi connectivity index (χ2n) is 19.5. The zero-order valence-electron chi connectivity index (χ0n) is 56.0. The van der Waals surface area contributed by atoms with E-state index in [1.807, 2.05) is 41.4 Å². The number of ether oxygens (including phenoxy) is 10. The summed E-state index contributed by atoms with van der Waals surface area (Å²) in [5.74, 6) is -10.1. The van der Waals surface area contributed by atoms with Gasteiger partial charge in [-0.3, -0.25) is 28.8 Å². The summed E-state index contributed by atoms with van der Waals surface area (Å²) < 4.78 is 87.5.